The Morgan fingerprint density at radius 2 is 1.26 bits per heavy atom. The van der Waals surface area contributed by atoms with Gasteiger partial charge in [0, 0.05) is 0 Å². The van der Waals surface area contributed by atoms with Gasteiger partial charge in [0.05, 0.1) is 0 Å². The van der Waals surface area contributed by atoms with Gasteiger partial charge in [0.15, 0.2) is 0 Å². The Hall–Kier alpha value is 0.486. The number of esters is 1. The second-order valence-corrected chi connectivity index (χ2v) is 28.9. The molecule has 1 atom stereocenters. The van der Waals surface area contributed by atoms with Crippen LogP contribution in [0.2, 0.25) is 36.5 Å². The topological polar surface area (TPSA) is 26.3 Å². The number of hydrogen-bond acceptors (Lipinski definition) is 2. The van der Waals surface area contributed by atoms with Crippen molar-refractivity contribution >= 4 is 32.4 Å². The fraction of sp³-hybridized carbons (Fsp3) is 0.947. The van der Waals surface area contributed by atoms with E-state index in [-0.39, 0.29) is 5.97 Å². The first-order valence-electron chi connectivity index (χ1n) is 9.95. The molecule has 4 heteroatoms. The Balaban J connectivity index is 5.75. The van der Waals surface area contributed by atoms with Crippen molar-refractivity contribution in [2.75, 3.05) is 6.61 Å². The molecule has 0 heterocycles. The summed E-state index contributed by atoms with van der Waals surface area (Å²) in [5.41, 5.74) is 0. The first kappa shape index (κ1) is 23.5. The average Bonchev–Trinajstić information content (AvgIpc) is 2.47. The van der Waals surface area contributed by atoms with Crippen LogP contribution in [0.5, 0.6) is 0 Å². The van der Waals surface area contributed by atoms with Gasteiger partial charge in [-0.15, -0.1) is 0 Å². The van der Waals surface area contributed by atoms with Gasteiger partial charge in [-0.2, -0.15) is 0 Å². The van der Waals surface area contributed by atoms with Crippen LogP contribution in [0.3, 0.4) is 0 Å². The molecule has 0 aliphatic heterocycles. The molecule has 0 amide bonds. The van der Waals surface area contributed by atoms with Crippen molar-refractivity contribution in [3.05, 3.63) is 0 Å². The molecule has 0 saturated heterocycles. The van der Waals surface area contributed by atoms with Crippen LogP contribution in [0.15, 0.2) is 0 Å². The van der Waals surface area contributed by atoms with E-state index < -0.39 is 26.5 Å². The van der Waals surface area contributed by atoms with Crippen LogP contribution >= 0.6 is 0 Å². The number of ether oxygens (including phenoxy) is 1. The summed E-state index contributed by atoms with van der Waals surface area (Å²) in [6, 6.07) is 0. The van der Waals surface area contributed by atoms with Gasteiger partial charge in [0.1, 0.15) is 0 Å². The zero-order valence-electron chi connectivity index (χ0n) is 17.0. The van der Waals surface area contributed by atoms with E-state index in [0.717, 1.165) is 0 Å². The molecule has 0 aromatic rings. The van der Waals surface area contributed by atoms with Crippen LogP contribution in [-0.4, -0.2) is 39.0 Å². The van der Waals surface area contributed by atoms with Crippen LogP contribution in [0, 0.1) is 0 Å². The predicted octanol–water partition coefficient (Wildman–Crippen LogP) is 6.65. The molecule has 0 aliphatic carbocycles. The Labute approximate surface area is 151 Å². The van der Waals surface area contributed by atoms with Crippen molar-refractivity contribution < 1.29 is 9.53 Å². The van der Waals surface area contributed by atoms with E-state index in [1.807, 2.05) is 6.92 Å². The van der Waals surface area contributed by atoms with E-state index in [2.05, 4.69) is 40.4 Å². The number of carbonyl (C=O) groups is 1. The molecule has 0 aromatic carbocycles. The Bertz CT molecular complexity index is 304. The Morgan fingerprint density at radius 3 is 1.52 bits per heavy atom. The van der Waals surface area contributed by atoms with Crippen LogP contribution in [0.1, 0.15) is 66.2 Å². The zero-order valence-corrected chi connectivity index (χ0v) is 20.8. The van der Waals surface area contributed by atoms with Gasteiger partial charge in [-0.05, 0) is 0 Å². The molecular formula is C19H42O2SiSn. The van der Waals surface area contributed by atoms with Gasteiger partial charge in [0.2, 0.25) is 0 Å². The fourth-order valence-electron chi connectivity index (χ4n) is 4.14. The van der Waals surface area contributed by atoms with Crippen molar-refractivity contribution in [2.24, 2.45) is 0 Å². The van der Waals surface area contributed by atoms with E-state index in [4.69, 9.17) is 4.74 Å². The summed E-state index contributed by atoms with van der Waals surface area (Å²) in [6.45, 7) is 16.6. The van der Waals surface area contributed by atoms with E-state index in [1.54, 1.807) is 0 Å². The molecule has 23 heavy (non-hydrogen) atoms. The number of unbranched alkanes of at least 4 members (excludes halogenated alkanes) is 3. The second-order valence-electron chi connectivity index (χ2n) is 8.22. The van der Waals surface area contributed by atoms with E-state index >= 15 is 0 Å². The number of rotatable bonds is 13. The molecule has 138 valence electrons. The predicted molar refractivity (Wildman–Crippen MR) is 109 cm³/mol. The molecule has 0 spiro atoms. The molecule has 0 N–H and O–H groups in total. The van der Waals surface area contributed by atoms with Crippen molar-refractivity contribution in [3.8, 4) is 0 Å². The third-order valence-electron chi connectivity index (χ3n) is 5.09. The molecule has 0 bridgehead atoms. The molecule has 0 aliphatic rings. The van der Waals surface area contributed by atoms with E-state index in [0.29, 0.717) is 10.2 Å². The van der Waals surface area contributed by atoms with Crippen molar-refractivity contribution in [3.63, 3.8) is 0 Å². The molecule has 0 rings (SSSR count). The summed E-state index contributed by atoms with van der Waals surface area (Å²) in [6.07, 6.45) is 7.76. The first-order valence-corrected chi connectivity index (χ1v) is 21.2. The molecule has 0 radical (unpaired) electrons. The summed E-state index contributed by atoms with van der Waals surface area (Å²) in [7, 11) is -1.55. The van der Waals surface area contributed by atoms with Gasteiger partial charge < -0.3 is 0 Å². The van der Waals surface area contributed by atoms with Gasteiger partial charge >= 0.3 is 151 Å². The number of carbonyl (C=O) groups excluding carboxylic acids is 1. The molecule has 2 nitrogen and oxygen atoms in total. The zero-order chi connectivity index (χ0) is 17.9. The third kappa shape index (κ3) is 7.93. The molecule has 1 unspecified atom stereocenters. The molecule has 0 fully saturated rings. The Kier molecular flexibility index (Phi) is 12.2. The van der Waals surface area contributed by atoms with Crippen LogP contribution in [0.4, 0.5) is 0 Å². The SMILES string of the molecule is CCC[CH2][Sn]([CH2]CCC)([CH2]CCC)[CH](C(=O)OCC)[Si](C)(C)C. The summed E-state index contributed by atoms with van der Waals surface area (Å²) in [4.78, 5) is 13.0. The number of hydrogen-bond donors (Lipinski definition) is 0. The van der Waals surface area contributed by atoms with Crippen molar-refractivity contribution in [1.29, 1.82) is 0 Å². The summed E-state index contributed by atoms with van der Waals surface area (Å²) >= 11 is -2.56. The van der Waals surface area contributed by atoms with Gasteiger partial charge in [-0.3, -0.25) is 0 Å². The first-order chi connectivity index (χ1) is 10.8. The maximum absolute atomic E-state index is 13.0. The minimum absolute atomic E-state index is 0.186. The van der Waals surface area contributed by atoms with Gasteiger partial charge in [-0.1, -0.05) is 0 Å². The second kappa shape index (κ2) is 11.9. The monoisotopic (exact) mass is 450 g/mol. The quantitative estimate of drug-likeness (QED) is 0.233. The third-order valence-corrected chi connectivity index (χ3v) is 34.3. The minimum atomic E-state index is -2.56. The van der Waals surface area contributed by atoms with Crippen LogP contribution in [0.25, 0.3) is 0 Å². The van der Waals surface area contributed by atoms with E-state index in [1.165, 1.54) is 51.8 Å². The molecular weight excluding hydrogens is 407 g/mol. The van der Waals surface area contributed by atoms with Crippen molar-refractivity contribution in [1.82, 2.24) is 0 Å². The normalized spacial score (nSPS) is 13.9. The van der Waals surface area contributed by atoms with Gasteiger partial charge in [0.25, 0.3) is 0 Å². The van der Waals surface area contributed by atoms with Crippen LogP contribution < -0.4 is 0 Å². The molecule has 0 aromatic heterocycles. The summed E-state index contributed by atoms with van der Waals surface area (Å²) in [5, 5.41) is 0. The van der Waals surface area contributed by atoms with E-state index in [9.17, 15) is 4.79 Å². The fourth-order valence-corrected chi connectivity index (χ4v) is 40.7. The maximum atomic E-state index is 13.0. The standard InChI is InChI=1S/C7H15O2Si.3C4H9.Sn/c1-5-9-7(8)6-10(2,3)4;3*1-3-4-2;/h6H,5H2,1-4H3;3*1,3-4H2,2H3;. The molecule has 0 saturated carbocycles. The van der Waals surface area contributed by atoms with Crippen molar-refractivity contribution in [2.45, 2.75) is 103 Å². The Morgan fingerprint density at radius 1 is 0.870 bits per heavy atom. The summed E-state index contributed by atoms with van der Waals surface area (Å²) < 4.78 is 10.2. The van der Waals surface area contributed by atoms with Crippen LogP contribution in [-0.2, 0) is 9.53 Å². The van der Waals surface area contributed by atoms with Gasteiger partial charge in [-0.25, -0.2) is 0 Å². The summed E-state index contributed by atoms with van der Waals surface area (Å²) in [5.74, 6) is 0.186. The average molecular weight is 449 g/mol.